The van der Waals surface area contributed by atoms with E-state index in [9.17, 15) is 19.8 Å². The van der Waals surface area contributed by atoms with Gasteiger partial charge < -0.3 is 28.5 Å². The van der Waals surface area contributed by atoms with Crippen LogP contribution in [-0.2, 0) is 23.1 Å². The van der Waals surface area contributed by atoms with Gasteiger partial charge in [-0.1, -0.05) is 83.1 Å². The van der Waals surface area contributed by atoms with E-state index in [4.69, 9.17) is 18.3 Å². The van der Waals surface area contributed by atoms with Gasteiger partial charge in [0.1, 0.15) is 11.7 Å². The van der Waals surface area contributed by atoms with Crippen LogP contribution in [0.2, 0.25) is 33.2 Å². The van der Waals surface area contributed by atoms with Crippen LogP contribution < -0.4 is 0 Å². The van der Waals surface area contributed by atoms with Crippen molar-refractivity contribution in [1.29, 1.82) is 0 Å². The number of aliphatic hydroxyl groups excluding tert-OH is 2. The highest BCUT2D eigenvalue weighted by Crippen LogP contribution is 2.48. The predicted octanol–water partition coefficient (Wildman–Crippen LogP) is 7.40. The number of carbonyl (C=O) groups excluding carboxylic acids is 2. The zero-order valence-electron chi connectivity index (χ0n) is 30.8. The van der Waals surface area contributed by atoms with Crippen LogP contribution in [0.4, 0.5) is 4.79 Å². The Bertz CT molecular complexity index is 874. The van der Waals surface area contributed by atoms with Gasteiger partial charge in [-0.05, 0) is 67.4 Å². The molecule has 0 aromatic rings. The quantitative estimate of drug-likeness (QED) is 0.138. The van der Waals surface area contributed by atoms with Crippen molar-refractivity contribution < 1.29 is 38.1 Å². The Morgan fingerprint density at radius 3 is 1.59 bits per heavy atom. The first kappa shape index (κ1) is 41.0. The first-order valence-corrected chi connectivity index (χ1v) is 21.2. The molecule has 0 bridgehead atoms. The average molecular weight is 662 g/mol. The van der Waals surface area contributed by atoms with Gasteiger partial charge in [-0.25, -0.2) is 9.59 Å². The minimum Gasteiger partial charge on any atom is -0.464 e. The zero-order valence-corrected chi connectivity index (χ0v) is 32.8. The van der Waals surface area contributed by atoms with Crippen molar-refractivity contribution in [3.63, 3.8) is 0 Å². The smallest absolute Gasteiger partial charge is 0.410 e. The third-order valence-electron chi connectivity index (χ3n) is 9.66. The molecular formula is C33H67NO8Si2. The molecule has 11 heteroatoms. The Morgan fingerprint density at radius 2 is 1.23 bits per heavy atom. The summed E-state index contributed by atoms with van der Waals surface area (Å²) >= 11 is 0. The van der Waals surface area contributed by atoms with Crippen molar-refractivity contribution >= 4 is 28.7 Å². The summed E-state index contributed by atoms with van der Waals surface area (Å²) in [6.07, 6.45) is -5.14. The van der Waals surface area contributed by atoms with Crippen LogP contribution in [0, 0.1) is 0 Å². The number of aliphatic hydroxyl groups is 2. The maximum Gasteiger partial charge on any atom is 0.410 e. The van der Waals surface area contributed by atoms with Crippen LogP contribution in [0.5, 0.6) is 0 Å². The molecule has 1 rings (SSSR count). The topological polar surface area (TPSA) is 115 Å². The molecule has 1 aliphatic heterocycles. The van der Waals surface area contributed by atoms with Crippen LogP contribution in [0.15, 0.2) is 0 Å². The van der Waals surface area contributed by atoms with Gasteiger partial charge in [0.05, 0.1) is 24.9 Å². The summed E-state index contributed by atoms with van der Waals surface area (Å²) in [4.78, 5) is 28.3. The number of carbonyl (C=O) groups is 2. The van der Waals surface area contributed by atoms with Crippen molar-refractivity contribution in [2.45, 2.75) is 187 Å². The molecule has 260 valence electrons. The normalized spacial score (nSPS) is 20.8. The number of likely N-dealkylation sites (tertiary alicyclic amines) is 1. The summed E-state index contributed by atoms with van der Waals surface area (Å²) in [5, 5.41) is 23.1. The molecule has 2 N–H and O–H groups in total. The van der Waals surface area contributed by atoms with E-state index in [1.54, 1.807) is 11.8 Å². The summed E-state index contributed by atoms with van der Waals surface area (Å²) in [5.41, 5.74) is 0.517. The number of hydrogen-bond acceptors (Lipinski definition) is 8. The van der Waals surface area contributed by atoms with Gasteiger partial charge in [0.25, 0.3) is 0 Å². The zero-order chi connectivity index (χ0) is 34.5. The second-order valence-corrected chi connectivity index (χ2v) is 26.3. The van der Waals surface area contributed by atoms with Gasteiger partial charge in [0, 0.05) is 6.54 Å². The SMILES string of the molecule is CCOC(=O)[C@@H](O)[C@H](O)[C@H](O[Si](C(C)C)(C(C)C)C(C)C)[C@H]1[C@@H](O[Si](C(C)C)(C(C)C)C(C)C)CCN1C(=O)OC(C)(C)C. The lowest BCUT2D eigenvalue weighted by Crippen LogP contribution is -2.64. The molecule has 1 fully saturated rings. The fourth-order valence-corrected chi connectivity index (χ4v) is 19.2. The highest BCUT2D eigenvalue weighted by molar-refractivity contribution is 6.78. The fourth-order valence-electron chi connectivity index (χ4n) is 8.04. The number of rotatable bonds is 15. The molecule has 1 amide bonds. The summed E-state index contributed by atoms with van der Waals surface area (Å²) in [5.74, 6) is -0.922. The van der Waals surface area contributed by atoms with E-state index in [2.05, 4.69) is 83.1 Å². The van der Waals surface area contributed by atoms with E-state index < -0.39 is 64.8 Å². The molecular weight excluding hydrogens is 595 g/mol. The van der Waals surface area contributed by atoms with E-state index in [1.165, 1.54) is 0 Å². The van der Waals surface area contributed by atoms with Crippen LogP contribution in [0.3, 0.4) is 0 Å². The second-order valence-electron chi connectivity index (χ2n) is 15.5. The second kappa shape index (κ2) is 16.2. The van der Waals surface area contributed by atoms with Crippen molar-refractivity contribution in [3.8, 4) is 0 Å². The van der Waals surface area contributed by atoms with E-state index in [0.717, 1.165) is 0 Å². The molecule has 0 saturated carbocycles. The summed E-state index contributed by atoms with van der Waals surface area (Å²) < 4.78 is 25.6. The molecule has 1 saturated heterocycles. The van der Waals surface area contributed by atoms with E-state index in [1.807, 2.05) is 20.8 Å². The monoisotopic (exact) mass is 661 g/mol. The molecule has 1 aliphatic rings. The average Bonchev–Trinajstić information content (AvgIpc) is 3.28. The molecule has 44 heavy (non-hydrogen) atoms. The third kappa shape index (κ3) is 8.88. The largest absolute Gasteiger partial charge is 0.464 e. The van der Waals surface area contributed by atoms with Gasteiger partial charge in [0.15, 0.2) is 6.10 Å². The molecule has 1 heterocycles. The van der Waals surface area contributed by atoms with Gasteiger partial charge in [-0.2, -0.15) is 0 Å². The fraction of sp³-hybridized carbons (Fsp3) is 0.939. The Balaban J connectivity index is 4.04. The van der Waals surface area contributed by atoms with Crippen molar-refractivity contribution in [1.82, 2.24) is 4.90 Å². The standard InChI is InChI=1S/C33H67NO8Si2/c1-17-39-31(37)29(36)28(35)30(42-44(23(8)9,24(10)11)25(12)13)27-26(18-19-34(27)32(38)40-33(14,15)16)41-43(20(2)3,21(4)5)22(6)7/h20-30,35-36H,17-19H2,1-16H3/t26-,27+,28-,29-,30+/m0/s1. The first-order chi connectivity index (χ1) is 20.0. The summed E-state index contributed by atoms with van der Waals surface area (Å²) in [7, 11) is -5.20. The lowest BCUT2D eigenvalue weighted by Gasteiger charge is -2.50. The van der Waals surface area contributed by atoms with E-state index >= 15 is 0 Å². The van der Waals surface area contributed by atoms with Crippen LogP contribution in [-0.4, -0.2) is 93.0 Å². The van der Waals surface area contributed by atoms with Crippen LogP contribution in [0.25, 0.3) is 0 Å². The van der Waals surface area contributed by atoms with E-state index in [0.29, 0.717) is 13.0 Å². The molecule has 0 spiro atoms. The first-order valence-electron chi connectivity index (χ1n) is 16.9. The van der Waals surface area contributed by atoms with Gasteiger partial charge >= 0.3 is 12.1 Å². The molecule has 0 unspecified atom stereocenters. The molecule has 0 aromatic heterocycles. The summed E-state index contributed by atoms with van der Waals surface area (Å²) in [6, 6.07) is -0.796. The molecule has 0 aliphatic carbocycles. The Labute approximate surface area is 271 Å². The predicted molar refractivity (Wildman–Crippen MR) is 182 cm³/mol. The highest BCUT2D eigenvalue weighted by Gasteiger charge is 2.57. The number of esters is 1. The van der Waals surface area contributed by atoms with Gasteiger partial charge in [-0.3, -0.25) is 4.90 Å². The maximum atomic E-state index is 13.9. The Hall–Kier alpha value is -0.986. The van der Waals surface area contributed by atoms with Crippen molar-refractivity contribution in [3.05, 3.63) is 0 Å². The van der Waals surface area contributed by atoms with Crippen molar-refractivity contribution in [2.75, 3.05) is 13.2 Å². The molecule has 0 aromatic carbocycles. The van der Waals surface area contributed by atoms with Crippen LogP contribution in [0.1, 0.15) is 117 Å². The minimum atomic E-state index is -2.73. The Kier molecular flexibility index (Phi) is 15.1. The Morgan fingerprint density at radius 1 is 0.795 bits per heavy atom. The lowest BCUT2D eigenvalue weighted by molar-refractivity contribution is -0.166. The number of hydrogen-bond donors (Lipinski definition) is 2. The lowest BCUT2D eigenvalue weighted by atomic mass is 9.97. The summed E-state index contributed by atoms with van der Waals surface area (Å²) in [6.45, 7) is 33.6. The maximum absolute atomic E-state index is 13.9. The molecule has 0 radical (unpaired) electrons. The number of nitrogens with zero attached hydrogens (tertiary/aromatic N) is 1. The van der Waals surface area contributed by atoms with E-state index in [-0.39, 0.29) is 39.9 Å². The minimum absolute atomic E-state index is 0.0568. The van der Waals surface area contributed by atoms with Crippen molar-refractivity contribution in [2.24, 2.45) is 0 Å². The van der Waals surface area contributed by atoms with Crippen LogP contribution >= 0.6 is 0 Å². The molecule has 9 nitrogen and oxygen atoms in total. The number of amides is 1. The van der Waals surface area contributed by atoms with Gasteiger partial charge in [0.2, 0.25) is 16.6 Å². The molecule has 5 atom stereocenters. The highest BCUT2D eigenvalue weighted by atomic mass is 28.4. The van der Waals surface area contributed by atoms with Gasteiger partial charge in [-0.15, -0.1) is 0 Å². The third-order valence-corrected chi connectivity index (χ3v) is 21.9. The number of ether oxygens (including phenoxy) is 2.